The number of benzene rings is 1. The molecule has 2 aliphatic heterocycles. The molecule has 0 radical (unpaired) electrons. The maximum atomic E-state index is 12.5. The van der Waals surface area contributed by atoms with Crippen LogP contribution in [0.2, 0.25) is 0 Å². The number of fused-ring (bicyclic) bond motifs is 1. The normalized spacial score (nSPS) is 21.7. The quantitative estimate of drug-likeness (QED) is 0.880. The number of nitrogens with one attached hydrogen (secondary N) is 1. The number of piperidine rings is 1. The lowest BCUT2D eigenvalue weighted by Crippen LogP contribution is -2.55. The van der Waals surface area contributed by atoms with E-state index in [4.69, 9.17) is 0 Å². The molecule has 2 amide bonds. The van der Waals surface area contributed by atoms with Crippen molar-refractivity contribution in [2.45, 2.75) is 45.2 Å². The monoisotopic (exact) mass is 345 g/mol. The molecule has 0 aliphatic carbocycles. The third-order valence-corrected chi connectivity index (χ3v) is 5.72. The van der Waals surface area contributed by atoms with E-state index < -0.39 is 0 Å². The number of hydrogen-bond acceptors (Lipinski definition) is 3. The van der Waals surface area contributed by atoms with Gasteiger partial charge in [-0.25, -0.2) is 4.79 Å². The molecule has 1 aromatic rings. The summed E-state index contributed by atoms with van der Waals surface area (Å²) < 4.78 is 0. The summed E-state index contributed by atoms with van der Waals surface area (Å²) >= 11 is 0. The second kappa shape index (κ2) is 7.75. The fourth-order valence-electron chi connectivity index (χ4n) is 3.93. The number of amides is 2. The molecule has 1 aromatic carbocycles. The summed E-state index contributed by atoms with van der Waals surface area (Å²) in [6, 6.07) is 8.64. The SMILES string of the molecule is CC(C)(CNC(=O)N1CCCC(CO)C1)N1CCc2ccccc2C1. The van der Waals surface area contributed by atoms with E-state index >= 15 is 0 Å². The van der Waals surface area contributed by atoms with E-state index in [1.807, 2.05) is 4.90 Å². The summed E-state index contributed by atoms with van der Waals surface area (Å²) in [6.45, 7) is 8.63. The van der Waals surface area contributed by atoms with E-state index in [1.54, 1.807) is 0 Å². The first-order valence-electron chi connectivity index (χ1n) is 9.45. The Hall–Kier alpha value is -1.59. The van der Waals surface area contributed by atoms with Gasteiger partial charge in [0.25, 0.3) is 0 Å². The van der Waals surface area contributed by atoms with Crippen molar-refractivity contribution >= 4 is 6.03 Å². The molecule has 2 aliphatic rings. The van der Waals surface area contributed by atoms with Crippen molar-refractivity contribution in [3.8, 4) is 0 Å². The number of carbonyl (C=O) groups is 1. The predicted octanol–water partition coefficient (Wildman–Crippen LogP) is 2.24. The Kier molecular flexibility index (Phi) is 5.64. The molecular formula is C20H31N3O2. The molecule has 2 N–H and O–H groups in total. The van der Waals surface area contributed by atoms with Gasteiger partial charge in [-0.1, -0.05) is 24.3 Å². The van der Waals surface area contributed by atoms with Crippen LogP contribution in [0.3, 0.4) is 0 Å². The summed E-state index contributed by atoms with van der Waals surface area (Å²) in [5.41, 5.74) is 2.76. The minimum absolute atomic E-state index is 0.00337. The van der Waals surface area contributed by atoms with Gasteiger partial charge in [0.15, 0.2) is 0 Å². The number of rotatable bonds is 4. The lowest BCUT2D eigenvalue weighted by Gasteiger charge is -2.42. The molecule has 5 heteroatoms. The minimum atomic E-state index is -0.0879. The van der Waals surface area contributed by atoms with E-state index in [0.29, 0.717) is 13.1 Å². The van der Waals surface area contributed by atoms with Crippen molar-refractivity contribution < 1.29 is 9.90 Å². The van der Waals surface area contributed by atoms with Crippen LogP contribution >= 0.6 is 0 Å². The Morgan fingerprint density at radius 1 is 1.28 bits per heavy atom. The third kappa shape index (κ3) is 4.33. The van der Waals surface area contributed by atoms with Crippen LogP contribution in [0.25, 0.3) is 0 Å². The summed E-state index contributed by atoms with van der Waals surface area (Å²) in [6.07, 6.45) is 3.06. The maximum absolute atomic E-state index is 12.5. The zero-order valence-corrected chi connectivity index (χ0v) is 15.5. The Morgan fingerprint density at radius 3 is 2.80 bits per heavy atom. The van der Waals surface area contributed by atoms with Crippen molar-refractivity contribution in [2.24, 2.45) is 5.92 Å². The highest BCUT2D eigenvalue weighted by Crippen LogP contribution is 2.25. The van der Waals surface area contributed by atoms with E-state index in [2.05, 4.69) is 48.3 Å². The van der Waals surface area contributed by atoms with Crippen LogP contribution in [-0.4, -0.2) is 59.3 Å². The smallest absolute Gasteiger partial charge is 0.317 e. The number of likely N-dealkylation sites (tertiary alicyclic amines) is 1. The van der Waals surface area contributed by atoms with Crippen LogP contribution in [0.5, 0.6) is 0 Å². The second-order valence-electron chi connectivity index (χ2n) is 8.05. The van der Waals surface area contributed by atoms with E-state index in [1.165, 1.54) is 11.1 Å². The van der Waals surface area contributed by atoms with Gasteiger partial charge >= 0.3 is 6.03 Å². The van der Waals surface area contributed by atoms with Crippen LogP contribution in [0, 0.1) is 5.92 Å². The molecule has 2 heterocycles. The van der Waals surface area contributed by atoms with Crippen molar-refractivity contribution in [2.75, 3.05) is 32.8 Å². The molecule has 25 heavy (non-hydrogen) atoms. The highest BCUT2D eigenvalue weighted by Gasteiger charge is 2.31. The lowest BCUT2D eigenvalue weighted by atomic mass is 9.94. The van der Waals surface area contributed by atoms with Gasteiger partial charge in [0.2, 0.25) is 0 Å². The molecule has 138 valence electrons. The predicted molar refractivity (Wildman–Crippen MR) is 99.4 cm³/mol. The average Bonchev–Trinajstić information content (AvgIpc) is 2.65. The van der Waals surface area contributed by atoms with Gasteiger partial charge in [-0.2, -0.15) is 0 Å². The molecule has 3 rings (SSSR count). The number of carbonyl (C=O) groups excluding carboxylic acids is 1. The summed E-state index contributed by atoms with van der Waals surface area (Å²) in [4.78, 5) is 16.8. The molecule has 1 saturated heterocycles. The molecule has 1 unspecified atom stereocenters. The molecular weight excluding hydrogens is 314 g/mol. The fraction of sp³-hybridized carbons (Fsp3) is 0.650. The Labute approximate surface area is 151 Å². The van der Waals surface area contributed by atoms with E-state index in [-0.39, 0.29) is 24.1 Å². The average molecular weight is 345 g/mol. The highest BCUT2D eigenvalue weighted by atomic mass is 16.3. The van der Waals surface area contributed by atoms with Crippen LogP contribution in [-0.2, 0) is 13.0 Å². The number of nitrogens with zero attached hydrogens (tertiary/aromatic N) is 2. The second-order valence-corrected chi connectivity index (χ2v) is 8.05. The highest BCUT2D eigenvalue weighted by molar-refractivity contribution is 5.74. The van der Waals surface area contributed by atoms with Gasteiger partial charge in [0.1, 0.15) is 0 Å². The summed E-state index contributed by atoms with van der Waals surface area (Å²) in [7, 11) is 0. The third-order valence-electron chi connectivity index (χ3n) is 5.72. The molecule has 5 nitrogen and oxygen atoms in total. The van der Waals surface area contributed by atoms with Gasteiger partial charge in [0, 0.05) is 44.9 Å². The van der Waals surface area contributed by atoms with Gasteiger partial charge in [-0.3, -0.25) is 4.90 Å². The van der Waals surface area contributed by atoms with Gasteiger partial charge < -0.3 is 15.3 Å². The topological polar surface area (TPSA) is 55.8 Å². The van der Waals surface area contributed by atoms with E-state index in [9.17, 15) is 9.90 Å². The minimum Gasteiger partial charge on any atom is -0.396 e. The first-order valence-corrected chi connectivity index (χ1v) is 9.45. The van der Waals surface area contributed by atoms with Gasteiger partial charge in [-0.05, 0) is 50.2 Å². The summed E-state index contributed by atoms with van der Waals surface area (Å²) in [5, 5.41) is 12.5. The van der Waals surface area contributed by atoms with Crippen LogP contribution in [0.4, 0.5) is 4.79 Å². The molecule has 0 bridgehead atoms. The zero-order valence-electron chi connectivity index (χ0n) is 15.5. The Bertz CT molecular complexity index is 602. The van der Waals surface area contributed by atoms with Gasteiger partial charge in [-0.15, -0.1) is 0 Å². The first-order chi connectivity index (χ1) is 12.0. The molecule has 0 saturated carbocycles. The number of aliphatic hydroxyl groups is 1. The van der Waals surface area contributed by atoms with Crippen molar-refractivity contribution in [1.82, 2.24) is 15.1 Å². The van der Waals surface area contributed by atoms with Crippen molar-refractivity contribution in [1.29, 1.82) is 0 Å². The van der Waals surface area contributed by atoms with Gasteiger partial charge in [0.05, 0.1) is 0 Å². The molecule has 1 atom stereocenters. The summed E-state index contributed by atoms with van der Waals surface area (Å²) in [5.74, 6) is 0.228. The standard InChI is InChI=1S/C20H31N3O2/c1-20(2,23-11-9-17-7-3-4-8-18(17)13-23)15-21-19(25)22-10-5-6-16(12-22)14-24/h3-4,7-8,16,24H,5-6,9-15H2,1-2H3,(H,21,25). The Balaban J connectivity index is 1.54. The Morgan fingerprint density at radius 2 is 2.04 bits per heavy atom. The van der Waals surface area contributed by atoms with Crippen molar-refractivity contribution in [3.05, 3.63) is 35.4 Å². The van der Waals surface area contributed by atoms with Crippen LogP contribution < -0.4 is 5.32 Å². The van der Waals surface area contributed by atoms with Crippen LogP contribution in [0.15, 0.2) is 24.3 Å². The van der Waals surface area contributed by atoms with E-state index in [0.717, 1.165) is 38.9 Å². The van der Waals surface area contributed by atoms with Crippen molar-refractivity contribution in [3.63, 3.8) is 0 Å². The lowest BCUT2D eigenvalue weighted by molar-refractivity contribution is 0.0967. The first kappa shape index (κ1) is 18.2. The zero-order chi connectivity index (χ0) is 17.9. The number of hydrogen-bond donors (Lipinski definition) is 2. The fourth-order valence-corrected chi connectivity index (χ4v) is 3.93. The number of aliphatic hydroxyl groups excluding tert-OH is 1. The molecule has 1 fully saturated rings. The largest absolute Gasteiger partial charge is 0.396 e. The van der Waals surface area contributed by atoms with Crippen LogP contribution in [0.1, 0.15) is 37.8 Å². The number of urea groups is 1. The molecule has 0 aromatic heterocycles. The maximum Gasteiger partial charge on any atom is 0.317 e. The molecule has 0 spiro atoms.